The van der Waals surface area contributed by atoms with Crippen LogP contribution in [0.15, 0.2) is 94.2 Å². The molecule has 0 saturated heterocycles. The topological polar surface area (TPSA) is 105 Å². The first kappa shape index (κ1) is 24.8. The van der Waals surface area contributed by atoms with Crippen LogP contribution in [-0.2, 0) is 38.1 Å². The molecule has 1 fully saturated rings. The molecular weight excluding hydrogens is 512 g/mol. The fourth-order valence-electron chi connectivity index (χ4n) is 9.65. The molecule has 7 aliphatic carbocycles. The molecule has 0 aromatic rings. The van der Waals surface area contributed by atoms with Gasteiger partial charge in [-0.15, -0.1) is 0 Å². The van der Waals surface area contributed by atoms with Crippen LogP contribution < -0.4 is 0 Å². The van der Waals surface area contributed by atoms with Crippen LogP contribution in [0.25, 0.3) is 0 Å². The average molecular weight is 541 g/mol. The van der Waals surface area contributed by atoms with Crippen molar-refractivity contribution in [2.24, 2.45) is 46.3 Å². The number of hydrogen-bond acceptors (Lipinski definition) is 8. The van der Waals surface area contributed by atoms with E-state index in [1.54, 1.807) is 0 Å². The lowest BCUT2D eigenvalue weighted by molar-refractivity contribution is -0.142. The Bertz CT molecular complexity index is 1560. The molecule has 0 aromatic carbocycles. The van der Waals surface area contributed by atoms with Crippen molar-refractivity contribution in [1.82, 2.24) is 0 Å². The van der Waals surface area contributed by atoms with Gasteiger partial charge in [-0.2, -0.15) is 0 Å². The Labute approximate surface area is 231 Å². The minimum absolute atomic E-state index is 0.268. The van der Waals surface area contributed by atoms with Gasteiger partial charge in [0.15, 0.2) is 0 Å². The molecule has 8 heteroatoms. The van der Waals surface area contributed by atoms with E-state index in [9.17, 15) is 19.2 Å². The lowest BCUT2D eigenvalue weighted by Gasteiger charge is -2.61. The highest BCUT2D eigenvalue weighted by atomic mass is 16.5. The number of carbonyl (C=O) groups excluding carboxylic acids is 4. The van der Waals surface area contributed by atoms with Gasteiger partial charge in [0.1, 0.15) is 0 Å². The number of ether oxygens (including phenoxy) is 4. The van der Waals surface area contributed by atoms with E-state index in [4.69, 9.17) is 18.9 Å². The van der Waals surface area contributed by atoms with Crippen LogP contribution in [0.4, 0.5) is 0 Å². The quantitative estimate of drug-likeness (QED) is 0.396. The van der Waals surface area contributed by atoms with Gasteiger partial charge in [-0.3, -0.25) is 0 Å². The zero-order valence-corrected chi connectivity index (χ0v) is 22.5. The van der Waals surface area contributed by atoms with Gasteiger partial charge in [0.05, 0.1) is 50.7 Å². The first-order valence-corrected chi connectivity index (χ1v) is 13.3. The highest BCUT2D eigenvalue weighted by Crippen LogP contribution is 2.84. The van der Waals surface area contributed by atoms with Crippen LogP contribution in [-0.4, -0.2) is 52.3 Å². The van der Waals surface area contributed by atoms with Gasteiger partial charge >= 0.3 is 23.9 Å². The summed E-state index contributed by atoms with van der Waals surface area (Å²) in [6.07, 6.45) is 20.1. The Hall–Kier alpha value is -4.20. The summed E-state index contributed by atoms with van der Waals surface area (Å²) in [6.45, 7) is 0. The Morgan fingerprint density at radius 2 is 1.10 bits per heavy atom. The molecule has 8 atom stereocenters. The van der Waals surface area contributed by atoms with Gasteiger partial charge in [0.25, 0.3) is 0 Å². The first-order chi connectivity index (χ1) is 19.4. The third-order valence-corrected chi connectivity index (χ3v) is 10.4. The first-order valence-electron chi connectivity index (χ1n) is 13.3. The van der Waals surface area contributed by atoms with Gasteiger partial charge in [-0.1, -0.05) is 60.8 Å². The molecule has 4 bridgehead atoms. The average Bonchev–Trinajstić information content (AvgIpc) is 3.58. The zero-order valence-electron chi connectivity index (χ0n) is 22.5. The predicted octanol–water partition coefficient (Wildman–Crippen LogP) is 3.11. The minimum Gasteiger partial charge on any atom is -0.466 e. The number of fused-ring (bicyclic) bond motifs is 1. The van der Waals surface area contributed by atoms with Gasteiger partial charge in [-0.25, -0.2) is 19.2 Å². The van der Waals surface area contributed by atoms with E-state index in [0.29, 0.717) is 11.1 Å². The Kier molecular flexibility index (Phi) is 5.06. The second-order valence-electron chi connectivity index (χ2n) is 11.2. The van der Waals surface area contributed by atoms with E-state index >= 15 is 0 Å². The van der Waals surface area contributed by atoms with Crippen LogP contribution in [0.1, 0.15) is 0 Å². The van der Waals surface area contributed by atoms with Crippen molar-refractivity contribution in [2.45, 2.75) is 0 Å². The molecule has 1 saturated carbocycles. The molecule has 0 N–H and O–H groups in total. The number of esters is 4. The number of rotatable bonds is 4. The Morgan fingerprint density at radius 1 is 0.575 bits per heavy atom. The maximum atomic E-state index is 13.6. The fraction of sp³-hybridized carbons (Fsp3) is 0.375. The Morgan fingerprint density at radius 3 is 1.70 bits per heavy atom. The summed E-state index contributed by atoms with van der Waals surface area (Å²) < 4.78 is 21.2. The summed E-state index contributed by atoms with van der Waals surface area (Å²) in [6, 6.07) is 0. The molecule has 0 amide bonds. The number of hydrogen-bond donors (Lipinski definition) is 0. The van der Waals surface area contributed by atoms with Crippen molar-refractivity contribution >= 4 is 23.9 Å². The van der Waals surface area contributed by atoms with E-state index in [2.05, 4.69) is 12.2 Å². The third-order valence-electron chi connectivity index (χ3n) is 10.4. The highest BCUT2D eigenvalue weighted by Gasteiger charge is 2.82. The molecule has 0 unspecified atom stereocenters. The predicted molar refractivity (Wildman–Crippen MR) is 141 cm³/mol. The smallest absolute Gasteiger partial charge is 0.334 e. The maximum absolute atomic E-state index is 13.6. The van der Waals surface area contributed by atoms with Crippen molar-refractivity contribution in [2.75, 3.05) is 28.4 Å². The lowest BCUT2D eigenvalue weighted by atomic mass is 9.39. The molecule has 0 aliphatic heterocycles. The lowest BCUT2D eigenvalue weighted by Crippen LogP contribution is -2.60. The number of methoxy groups -OCH3 is 4. The molecule has 8 nitrogen and oxygen atoms in total. The summed E-state index contributed by atoms with van der Waals surface area (Å²) in [4.78, 5) is 54.4. The van der Waals surface area contributed by atoms with E-state index in [1.165, 1.54) is 28.4 Å². The SMILES string of the molecule is COC(=O)C1=C(C(=O)OC)[C@@H]2[C@@H]3C=CC=C4C=C[C@H]1[C@@]42[C@]12C4=C[C@H]3[C@H]1C(C(=O)OC)=C(C(=O)OC)[C@H]2C=CC=C4. The summed E-state index contributed by atoms with van der Waals surface area (Å²) in [5, 5.41) is 0. The summed E-state index contributed by atoms with van der Waals surface area (Å²) in [7, 11) is 5.24. The fourth-order valence-corrected chi connectivity index (χ4v) is 9.65. The molecule has 7 aliphatic rings. The normalized spacial score (nSPS) is 38.3. The molecule has 0 radical (unpaired) electrons. The van der Waals surface area contributed by atoms with Crippen molar-refractivity contribution in [1.29, 1.82) is 0 Å². The number of carbonyl (C=O) groups is 4. The third kappa shape index (κ3) is 2.41. The minimum atomic E-state index is -0.906. The molecule has 0 aromatic heterocycles. The van der Waals surface area contributed by atoms with Crippen LogP contribution in [0.3, 0.4) is 0 Å². The largest absolute Gasteiger partial charge is 0.466 e. The molecule has 204 valence electrons. The summed E-state index contributed by atoms with van der Waals surface area (Å²) >= 11 is 0. The molecule has 40 heavy (non-hydrogen) atoms. The molecule has 7 rings (SSSR count). The summed E-state index contributed by atoms with van der Waals surface area (Å²) in [5.74, 6) is -5.00. The van der Waals surface area contributed by atoms with Crippen LogP contribution >= 0.6 is 0 Å². The molecular formula is C32H28O8. The second kappa shape index (κ2) is 8.16. The van der Waals surface area contributed by atoms with E-state index in [1.807, 2.05) is 48.6 Å². The van der Waals surface area contributed by atoms with Crippen molar-refractivity contribution in [3.8, 4) is 0 Å². The van der Waals surface area contributed by atoms with Crippen LogP contribution in [0.2, 0.25) is 0 Å². The van der Waals surface area contributed by atoms with Gasteiger partial charge in [-0.05, 0) is 23.0 Å². The van der Waals surface area contributed by atoms with Crippen LogP contribution in [0, 0.1) is 46.3 Å². The van der Waals surface area contributed by atoms with Crippen molar-refractivity contribution < 1.29 is 38.1 Å². The van der Waals surface area contributed by atoms with Gasteiger partial charge < -0.3 is 18.9 Å². The van der Waals surface area contributed by atoms with Crippen molar-refractivity contribution in [3.05, 3.63) is 94.2 Å². The van der Waals surface area contributed by atoms with Crippen LogP contribution in [0.5, 0.6) is 0 Å². The second-order valence-corrected chi connectivity index (χ2v) is 11.2. The monoisotopic (exact) mass is 540 g/mol. The van der Waals surface area contributed by atoms with E-state index in [-0.39, 0.29) is 23.0 Å². The van der Waals surface area contributed by atoms with Gasteiger partial charge in [0.2, 0.25) is 0 Å². The Balaban J connectivity index is 1.64. The van der Waals surface area contributed by atoms with Gasteiger partial charge in [0, 0.05) is 34.5 Å². The van der Waals surface area contributed by atoms with E-state index < -0.39 is 58.4 Å². The van der Waals surface area contributed by atoms with Crippen molar-refractivity contribution in [3.63, 3.8) is 0 Å². The summed E-state index contributed by atoms with van der Waals surface area (Å²) in [5.41, 5.74) is 1.24. The van der Waals surface area contributed by atoms with E-state index in [0.717, 1.165) is 11.1 Å². The standard InChI is InChI=1S/C32H28O8/c1-37-27(33)21-19-11-6-5-8-16-14-18-17-10-7-9-15-12-13-20-22(28(34)38-2)23(29(35)39-3)25(17)31(15,20)32(16,19)26(18)24(21)30(36)40-4/h5-14,17-20,25-26H,1-4H3/t17-,18-,19-,20-,25+,26+,31+,32+/m1/s1. The molecule has 2 spiro atoms. The highest BCUT2D eigenvalue weighted by molar-refractivity contribution is 6.06. The maximum Gasteiger partial charge on any atom is 0.334 e. The zero-order chi connectivity index (χ0) is 28.1. The number of allylic oxidation sites excluding steroid dienone is 12. The molecule has 0 heterocycles.